The highest BCUT2D eigenvalue weighted by atomic mass is 79.9. The molecule has 0 bridgehead atoms. The first kappa shape index (κ1) is 17.2. The van der Waals surface area contributed by atoms with Crippen molar-refractivity contribution in [1.82, 2.24) is 4.98 Å². The number of nitrogens with zero attached hydrogens (tertiary/aromatic N) is 1. The lowest BCUT2D eigenvalue weighted by Crippen LogP contribution is -1.88. The molecule has 0 unspecified atom stereocenters. The Bertz CT molecular complexity index is 1150. The summed E-state index contributed by atoms with van der Waals surface area (Å²) in [6.07, 6.45) is 6.02. The highest BCUT2D eigenvalue weighted by Gasteiger charge is 2.28. The molecule has 1 aliphatic rings. The average Bonchev–Trinajstić information content (AvgIpc) is 3.56. The molecule has 0 fully saturated rings. The van der Waals surface area contributed by atoms with Gasteiger partial charge in [0.1, 0.15) is 0 Å². The van der Waals surface area contributed by atoms with Crippen LogP contribution in [0.1, 0.15) is 17.0 Å². The highest BCUT2D eigenvalue weighted by molar-refractivity contribution is 9.10. The molecule has 1 atom stereocenters. The van der Waals surface area contributed by atoms with Crippen LogP contribution in [0, 0.1) is 0 Å². The first-order valence-corrected chi connectivity index (χ1v) is 10.2. The minimum absolute atomic E-state index is 0.390. The zero-order valence-corrected chi connectivity index (χ0v) is 16.8. The Labute approximate surface area is 173 Å². The van der Waals surface area contributed by atoms with Gasteiger partial charge in [0, 0.05) is 22.8 Å². The second-order valence-corrected chi connectivity index (χ2v) is 7.97. The maximum absolute atomic E-state index is 4.12. The van der Waals surface area contributed by atoms with Gasteiger partial charge in [-0.1, -0.05) is 82.7 Å². The molecule has 0 radical (unpaired) electrons. The van der Waals surface area contributed by atoms with Crippen LogP contribution in [0.3, 0.4) is 0 Å². The van der Waals surface area contributed by atoms with Crippen molar-refractivity contribution < 1.29 is 0 Å². The molecule has 3 aromatic carbocycles. The van der Waals surface area contributed by atoms with Gasteiger partial charge in [-0.05, 0) is 63.2 Å². The fraction of sp³-hybridized carbons (Fsp3) is 0.0385. The monoisotopic (exact) mass is 423 g/mol. The van der Waals surface area contributed by atoms with E-state index in [1.807, 2.05) is 12.4 Å². The predicted molar refractivity (Wildman–Crippen MR) is 120 cm³/mol. The van der Waals surface area contributed by atoms with Crippen LogP contribution < -0.4 is 0 Å². The molecule has 0 amide bonds. The second-order valence-electron chi connectivity index (χ2n) is 7.05. The van der Waals surface area contributed by atoms with Gasteiger partial charge < -0.3 is 0 Å². The topological polar surface area (TPSA) is 12.9 Å². The van der Waals surface area contributed by atoms with Crippen LogP contribution in [0.5, 0.6) is 0 Å². The Morgan fingerprint density at radius 1 is 0.607 bits per heavy atom. The van der Waals surface area contributed by atoms with Gasteiger partial charge in [0.2, 0.25) is 0 Å². The molecule has 1 nitrogen and oxygen atoms in total. The SMILES string of the molecule is Brc1cc(-c2ccncc2)cc([C@@H]2C=C2c2ccc(-c3ccccc3)cc2)c1. The van der Waals surface area contributed by atoms with Crippen LogP contribution in [-0.2, 0) is 0 Å². The predicted octanol–water partition coefficient (Wildman–Crippen LogP) is 7.36. The average molecular weight is 424 g/mol. The quantitative estimate of drug-likeness (QED) is 0.334. The van der Waals surface area contributed by atoms with Crippen molar-refractivity contribution >= 4 is 21.5 Å². The number of pyridine rings is 1. The lowest BCUT2D eigenvalue weighted by molar-refractivity contribution is 1.23. The van der Waals surface area contributed by atoms with Crippen LogP contribution in [0.25, 0.3) is 27.8 Å². The smallest absolute Gasteiger partial charge is 0.0279 e. The van der Waals surface area contributed by atoms with E-state index in [0.717, 1.165) is 4.47 Å². The molecular formula is C26H18BrN. The summed E-state index contributed by atoms with van der Waals surface area (Å²) in [7, 11) is 0. The maximum atomic E-state index is 4.12. The fourth-order valence-corrected chi connectivity index (χ4v) is 4.18. The normalized spacial score (nSPS) is 15.2. The maximum Gasteiger partial charge on any atom is 0.0279 e. The minimum Gasteiger partial charge on any atom is -0.265 e. The molecule has 0 aliphatic heterocycles. The molecule has 4 aromatic rings. The number of benzene rings is 3. The molecule has 1 aromatic heterocycles. The number of rotatable bonds is 4. The van der Waals surface area contributed by atoms with E-state index in [-0.39, 0.29) is 0 Å². The van der Waals surface area contributed by atoms with E-state index in [2.05, 4.69) is 112 Å². The molecule has 0 spiro atoms. The van der Waals surface area contributed by atoms with Gasteiger partial charge in [-0.2, -0.15) is 0 Å². The van der Waals surface area contributed by atoms with Gasteiger partial charge in [0.15, 0.2) is 0 Å². The van der Waals surface area contributed by atoms with Gasteiger partial charge in [0.25, 0.3) is 0 Å². The van der Waals surface area contributed by atoms with E-state index in [9.17, 15) is 0 Å². The van der Waals surface area contributed by atoms with Crippen molar-refractivity contribution in [3.8, 4) is 22.3 Å². The zero-order chi connectivity index (χ0) is 18.9. The second kappa shape index (κ2) is 7.21. The molecule has 28 heavy (non-hydrogen) atoms. The van der Waals surface area contributed by atoms with Crippen molar-refractivity contribution in [3.63, 3.8) is 0 Å². The molecular weight excluding hydrogens is 406 g/mol. The Hall–Kier alpha value is -2.97. The number of allylic oxidation sites excluding steroid dienone is 2. The Morgan fingerprint density at radius 2 is 1.25 bits per heavy atom. The van der Waals surface area contributed by atoms with Gasteiger partial charge >= 0.3 is 0 Å². The van der Waals surface area contributed by atoms with Gasteiger partial charge in [-0.3, -0.25) is 4.98 Å². The van der Waals surface area contributed by atoms with Crippen molar-refractivity contribution in [3.05, 3.63) is 119 Å². The summed E-state index contributed by atoms with van der Waals surface area (Å²) in [5.41, 5.74) is 8.93. The van der Waals surface area contributed by atoms with Gasteiger partial charge in [0.05, 0.1) is 0 Å². The fourth-order valence-electron chi connectivity index (χ4n) is 3.67. The number of halogens is 1. The summed E-state index contributed by atoms with van der Waals surface area (Å²) in [4.78, 5) is 4.12. The van der Waals surface area contributed by atoms with E-state index in [4.69, 9.17) is 0 Å². The minimum atomic E-state index is 0.390. The molecule has 5 rings (SSSR count). The molecule has 2 heteroatoms. The third-order valence-corrected chi connectivity index (χ3v) is 5.65. The van der Waals surface area contributed by atoms with E-state index in [0.29, 0.717) is 5.92 Å². The third-order valence-electron chi connectivity index (χ3n) is 5.19. The van der Waals surface area contributed by atoms with Crippen LogP contribution in [-0.4, -0.2) is 4.98 Å². The molecule has 0 saturated carbocycles. The number of hydrogen-bond acceptors (Lipinski definition) is 1. The summed E-state index contributed by atoms with van der Waals surface area (Å²) >= 11 is 3.68. The van der Waals surface area contributed by atoms with Crippen molar-refractivity contribution in [2.75, 3.05) is 0 Å². The van der Waals surface area contributed by atoms with E-state index >= 15 is 0 Å². The summed E-state index contributed by atoms with van der Waals surface area (Å²) < 4.78 is 1.11. The largest absolute Gasteiger partial charge is 0.265 e. The molecule has 134 valence electrons. The standard InChI is InChI=1S/C26H18BrN/c27-24-15-22(20-10-12-28-13-11-20)14-23(16-24)26-17-25(26)21-8-6-19(7-9-21)18-4-2-1-3-5-18/h1-17,26H/t26-/m0/s1. The van der Waals surface area contributed by atoms with Gasteiger partial charge in [-0.15, -0.1) is 0 Å². The van der Waals surface area contributed by atoms with Crippen LogP contribution in [0.2, 0.25) is 0 Å². The summed E-state index contributed by atoms with van der Waals surface area (Å²) in [5, 5.41) is 0. The zero-order valence-electron chi connectivity index (χ0n) is 15.2. The van der Waals surface area contributed by atoms with E-state index in [1.165, 1.54) is 39.0 Å². The Kier molecular flexibility index (Phi) is 4.42. The lowest BCUT2D eigenvalue weighted by Gasteiger charge is -2.08. The summed E-state index contributed by atoms with van der Waals surface area (Å²) in [6.45, 7) is 0. The van der Waals surface area contributed by atoms with Crippen molar-refractivity contribution in [2.45, 2.75) is 5.92 Å². The summed E-state index contributed by atoms with van der Waals surface area (Å²) in [5.74, 6) is 0.390. The Balaban J connectivity index is 1.39. The van der Waals surface area contributed by atoms with E-state index < -0.39 is 0 Å². The number of hydrogen-bond donors (Lipinski definition) is 0. The van der Waals surface area contributed by atoms with Gasteiger partial charge in [-0.25, -0.2) is 0 Å². The Morgan fingerprint density at radius 3 is 2.00 bits per heavy atom. The number of aromatic nitrogens is 1. The molecule has 1 aliphatic carbocycles. The molecule has 1 heterocycles. The first-order chi connectivity index (χ1) is 13.8. The third kappa shape index (κ3) is 3.44. The van der Waals surface area contributed by atoms with Crippen molar-refractivity contribution in [2.24, 2.45) is 0 Å². The van der Waals surface area contributed by atoms with Crippen LogP contribution in [0.4, 0.5) is 0 Å². The first-order valence-electron chi connectivity index (χ1n) is 9.36. The highest BCUT2D eigenvalue weighted by Crippen LogP contribution is 2.47. The molecule has 0 saturated heterocycles. The van der Waals surface area contributed by atoms with Crippen LogP contribution in [0.15, 0.2) is 108 Å². The summed E-state index contributed by atoms with van der Waals surface area (Å²) in [6, 6.07) is 30.2. The van der Waals surface area contributed by atoms with Crippen LogP contribution >= 0.6 is 15.9 Å². The van der Waals surface area contributed by atoms with E-state index in [1.54, 1.807) is 0 Å². The molecule has 0 N–H and O–H groups in total. The van der Waals surface area contributed by atoms with Crippen molar-refractivity contribution in [1.29, 1.82) is 0 Å². The lowest BCUT2D eigenvalue weighted by atomic mass is 9.97.